The minimum absolute atomic E-state index is 0.146. The molecule has 1 aliphatic carbocycles. The van der Waals surface area contributed by atoms with Crippen molar-refractivity contribution in [1.29, 1.82) is 0 Å². The first-order valence-corrected chi connectivity index (χ1v) is 7.00. The Morgan fingerprint density at radius 2 is 2.21 bits per heavy atom. The fourth-order valence-electron chi connectivity index (χ4n) is 4.45. The maximum atomic E-state index is 12.1. The van der Waals surface area contributed by atoms with Gasteiger partial charge >= 0.3 is 5.97 Å². The van der Waals surface area contributed by atoms with Gasteiger partial charge in [0, 0.05) is 11.0 Å². The van der Waals surface area contributed by atoms with Crippen LogP contribution in [0.3, 0.4) is 0 Å². The fourth-order valence-corrected chi connectivity index (χ4v) is 4.45. The van der Waals surface area contributed by atoms with Gasteiger partial charge in [-0.05, 0) is 24.8 Å². The molecule has 3 fully saturated rings. The molecule has 0 amide bonds. The molecular weight excluding hydrogens is 244 g/mol. The van der Waals surface area contributed by atoms with Crippen molar-refractivity contribution in [2.75, 3.05) is 0 Å². The Bertz CT molecular complexity index is 522. The van der Waals surface area contributed by atoms with Crippen LogP contribution in [0.5, 0.6) is 0 Å². The largest absolute Gasteiger partial charge is 0.472 e. The molecular formula is C15H18O4. The topological polar surface area (TPSA) is 52.0 Å². The third-order valence-electron chi connectivity index (χ3n) is 5.48. The Hall–Kier alpha value is -1.29. The minimum atomic E-state index is -0.351. The molecule has 2 aliphatic heterocycles. The number of cyclic esters (lactones) is 1. The van der Waals surface area contributed by atoms with E-state index < -0.39 is 0 Å². The molecule has 3 heterocycles. The zero-order chi connectivity index (χ0) is 13.3. The van der Waals surface area contributed by atoms with Crippen LogP contribution in [0.2, 0.25) is 0 Å². The number of furan rings is 1. The maximum Gasteiger partial charge on any atom is 0.339 e. The molecule has 2 saturated heterocycles. The Balaban J connectivity index is 1.82. The summed E-state index contributed by atoms with van der Waals surface area (Å²) in [7, 11) is 0. The first-order chi connectivity index (χ1) is 9.09. The molecule has 4 nitrogen and oxygen atoms in total. The highest BCUT2D eigenvalue weighted by Crippen LogP contribution is 2.68. The van der Waals surface area contributed by atoms with Crippen molar-refractivity contribution < 1.29 is 18.7 Å². The van der Waals surface area contributed by atoms with Crippen LogP contribution in [0.4, 0.5) is 0 Å². The van der Waals surface area contributed by atoms with E-state index in [1.165, 1.54) is 0 Å². The van der Waals surface area contributed by atoms with E-state index >= 15 is 0 Å². The summed E-state index contributed by atoms with van der Waals surface area (Å²) in [6, 6.07) is 1.89. The number of esters is 1. The number of hydrogen-bond acceptors (Lipinski definition) is 4. The summed E-state index contributed by atoms with van der Waals surface area (Å²) in [4.78, 5) is 12.1. The summed E-state index contributed by atoms with van der Waals surface area (Å²) in [5.74, 6) is 0.191. The molecule has 102 valence electrons. The van der Waals surface area contributed by atoms with Gasteiger partial charge in [-0.2, -0.15) is 0 Å². The Labute approximate surface area is 112 Å². The van der Waals surface area contributed by atoms with E-state index in [0.29, 0.717) is 5.92 Å². The summed E-state index contributed by atoms with van der Waals surface area (Å²) in [5.41, 5.74) is 0.480. The normalized spacial score (nSPS) is 48.1. The van der Waals surface area contributed by atoms with Crippen LogP contribution in [0.15, 0.2) is 23.0 Å². The highest BCUT2D eigenvalue weighted by molar-refractivity contribution is 5.82. The smallest absolute Gasteiger partial charge is 0.339 e. The lowest BCUT2D eigenvalue weighted by atomic mass is 9.57. The Kier molecular flexibility index (Phi) is 2.08. The van der Waals surface area contributed by atoms with Crippen LogP contribution < -0.4 is 0 Å². The molecule has 4 heteroatoms. The molecule has 0 bridgehead atoms. The molecule has 4 rings (SSSR count). The van der Waals surface area contributed by atoms with Crippen molar-refractivity contribution in [3.63, 3.8) is 0 Å². The SMILES string of the molecule is CC1CCC[C@@]2(C)[C@H](c3ccoc3)OC(=O)[C@H]3O[C@]132. The van der Waals surface area contributed by atoms with Crippen LogP contribution in [0.25, 0.3) is 0 Å². The lowest BCUT2D eigenvalue weighted by Crippen LogP contribution is -2.55. The van der Waals surface area contributed by atoms with Gasteiger partial charge in [-0.25, -0.2) is 4.79 Å². The second kappa shape index (κ2) is 3.42. The van der Waals surface area contributed by atoms with Gasteiger partial charge in [-0.3, -0.25) is 0 Å². The molecule has 19 heavy (non-hydrogen) atoms. The van der Waals surface area contributed by atoms with E-state index in [9.17, 15) is 4.79 Å². The van der Waals surface area contributed by atoms with Gasteiger partial charge in [0.1, 0.15) is 11.7 Å². The summed E-state index contributed by atoms with van der Waals surface area (Å²) < 4.78 is 16.8. The number of carbonyl (C=O) groups is 1. The summed E-state index contributed by atoms with van der Waals surface area (Å²) in [6.45, 7) is 4.40. The number of hydrogen-bond donors (Lipinski definition) is 0. The molecule has 1 aromatic rings. The van der Waals surface area contributed by atoms with Crippen LogP contribution in [-0.2, 0) is 14.3 Å². The van der Waals surface area contributed by atoms with Crippen molar-refractivity contribution in [2.24, 2.45) is 11.3 Å². The van der Waals surface area contributed by atoms with Crippen molar-refractivity contribution in [3.8, 4) is 0 Å². The second-order valence-electron chi connectivity index (χ2n) is 6.38. The second-order valence-corrected chi connectivity index (χ2v) is 6.38. The summed E-state index contributed by atoms with van der Waals surface area (Å²) in [6.07, 6.45) is 6.01. The number of ether oxygens (including phenoxy) is 2. The highest BCUT2D eigenvalue weighted by Gasteiger charge is 2.78. The van der Waals surface area contributed by atoms with E-state index in [1.54, 1.807) is 12.5 Å². The first kappa shape index (κ1) is 11.5. The van der Waals surface area contributed by atoms with E-state index in [-0.39, 0.29) is 29.2 Å². The van der Waals surface area contributed by atoms with Crippen molar-refractivity contribution in [1.82, 2.24) is 0 Å². The van der Waals surface area contributed by atoms with Crippen LogP contribution >= 0.6 is 0 Å². The predicted octanol–water partition coefficient (Wildman–Crippen LogP) is 2.84. The van der Waals surface area contributed by atoms with Gasteiger partial charge in [0.15, 0.2) is 6.10 Å². The average molecular weight is 262 g/mol. The first-order valence-electron chi connectivity index (χ1n) is 7.00. The lowest BCUT2D eigenvalue weighted by Gasteiger charge is -2.49. The zero-order valence-electron chi connectivity index (χ0n) is 11.2. The van der Waals surface area contributed by atoms with E-state index in [2.05, 4.69) is 13.8 Å². The fraction of sp³-hybridized carbons (Fsp3) is 0.667. The van der Waals surface area contributed by atoms with Crippen molar-refractivity contribution in [2.45, 2.75) is 50.9 Å². The molecule has 3 aliphatic rings. The van der Waals surface area contributed by atoms with Crippen LogP contribution in [0, 0.1) is 11.3 Å². The molecule has 0 N–H and O–H groups in total. The van der Waals surface area contributed by atoms with Gasteiger partial charge in [0.2, 0.25) is 0 Å². The number of epoxide rings is 1. The van der Waals surface area contributed by atoms with Gasteiger partial charge < -0.3 is 13.9 Å². The third-order valence-corrected chi connectivity index (χ3v) is 5.48. The highest BCUT2D eigenvalue weighted by atomic mass is 16.7. The standard InChI is InChI=1S/C15H18O4/c1-9-4-3-6-14(2)11(10-5-7-17-8-10)18-13(16)12-15(9,14)19-12/h5,7-9,11-12H,3-4,6H2,1-2H3/t9?,11-,12+,14-,15+/m0/s1. The Morgan fingerprint density at radius 3 is 2.95 bits per heavy atom. The van der Waals surface area contributed by atoms with Gasteiger partial charge in [-0.15, -0.1) is 0 Å². The molecule has 5 atom stereocenters. The zero-order valence-corrected chi connectivity index (χ0v) is 11.2. The van der Waals surface area contributed by atoms with Gasteiger partial charge in [0.05, 0.1) is 12.5 Å². The monoisotopic (exact) mass is 262 g/mol. The lowest BCUT2D eigenvalue weighted by molar-refractivity contribution is -0.172. The van der Waals surface area contributed by atoms with Crippen LogP contribution in [0.1, 0.15) is 44.8 Å². The van der Waals surface area contributed by atoms with Gasteiger partial charge in [-0.1, -0.05) is 20.3 Å². The average Bonchev–Trinajstić information content (AvgIpc) is 2.94. The number of rotatable bonds is 1. The van der Waals surface area contributed by atoms with Crippen molar-refractivity contribution in [3.05, 3.63) is 24.2 Å². The number of carbonyl (C=O) groups excluding carboxylic acids is 1. The Morgan fingerprint density at radius 1 is 1.37 bits per heavy atom. The van der Waals surface area contributed by atoms with Crippen LogP contribution in [-0.4, -0.2) is 17.7 Å². The van der Waals surface area contributed by atoms with E-state index in [1.807, 2.05) is 6.07 Å². The third kappa shape index (κ3) is 1.21. The summed E-state index contributed by atoms with van der Waals surface area (Å²) in [5, 5.41) is 0. The minimum Gasteiger partial charge on any atom is -0.472 e. The molecule has 0 aromatic carbocycles. The molecule has 0 radical (unpaired) electrons. The molecule has 1 unspecified atom stereocenters. The van der Waals surface area contributed by atoms with Crippen molar-refractivity contribution >= 4 is 5.97 Å². The summed E-state index contributed by atoms with van der Waals surface area (Å²) >= 11 is 0. The predicted molar refractivity (Wildman–Crippen MR) is 66.3 cm³/mol. The van der Waals surface area contributed by atoms with E-state index in [4.69, 9.17) is 13.9 Å². The maximum absolute atomic E-state index is 12.1. The van der Waals surface area contributed by atoms with Gasteiger partial charge in [0.25, 0.3) is 0 Å². The molecule has 1 saturated carbocycles. The van der Waals surface area contributed by atoms with E-state index in [0.717, 1.165) is 24.8 Å². The molecule has 1 aromatic heterocycles. The quantitative estimate of drug-likeness (QED) is 0.577. The molecule has 1 spiro atoms.